The number of likely N-dealkylation sites (tertiary alicyclic amines) is 1. The molecular formula is C22H27N3O3. The van der Waals surface area contributed by atoms with Gasteiger partial charge in [-0.1, -0.05) is 42.5 Å². The Bertz CT molecular complexity index is 814. The molecule has 0 aromatic heterocycles. The van der Waals surface area contributed by atoms with Crippen molar-refractivity contribution < 1.29 is 14.3 Å². The van der Waals surface area contributed by atoms with Gasteiger partial charge in [-0.15, -0.1) is 0 Å². The number of benzene rings is 2. The molecule has 2 N–H and O–H groups in total. The first kappa shape index (κ1) is 18.8. The number of amides is 1. The Kier molecular flexibility index (Phi) is 5.50. The van der Waals surface area contributed by atoms with Crippen LogP contribution in [0.25, 0.3) is 0 Å². The molecule has 0 radical (unpaired) electrons. The fourth-order valence-electron chi connectivity index (χ4n) is 4.21. The molecule has 0 aliphatic carbocycles. The zero-order chi connectivity index (χ0) is 19.5. The third kappa shape index (κ3) is 3.70. The van der Waals surface area contributed by atoms with Gasteiger partial charge in [0, 0.05) is 25.0 Å². The monoisotopic (exact) mass is 381 g/mol. The van der Waals surface area contributed by atoms with Gasteiger partial charge in [-0.25, -0.2) is 5.43 Å². The predicted octanol–water partition coefficient (Wildman–Crippen LogP) is 2.53. The molecule has 2 aliphatic rings. The molecule has 6 heteroatoms. The van der Waals surface area contributed by atoms with Crippen molar-refractivity contribution in [1.82, 2.24) is 15.8 Å². The maximum absolute atomic E-state index is 13.1. The van der Waals surface area contributed by atoms with E-state index in [0.717, 1.165) is 13.0 Å². The topological polar surface area (TPSA) is 62.8 Å². The van der Waals surface area contributed by atoms with Crippen molar-refractivity contribution in [2.45, 2.75) is 31.5 Å². The maximum atomic E-state index is 13.1. The highest BCUT2D eigenvalue weighted by molar-refractivity contribution is 5.81. The van der Waals surface area contributed by atoms with Crippen LogP contribution in [0.5, 0.6) is 11.5 Å². The molecule has 28 heavy (non-hydrogen) atoms. The van der Waals surface area contributed by atoms with Gasteiger partial charge in [-0.05, 0) is 31.0 Å². The molecule has 4 unspecified atom stereocenters. The summed E-state index contributed by atoms with van der Waals surface area (Å²) in [6.45, 7) is 3.25. The number of carbonyl (C=O) groups is 1. The zero-order valence-corrected chi connectivity index (χ0v) is 16.3. The number of fused-ring (bicyclic) bond motifs is 1. The summed E-state index contributed by atoms with van der Waals surface area (Å²) in [7, 11) is 1.60. The van der Waals surface area contributed by atoms with Gasteiger partial charge < -0.3 is 14.4 Å². The van der Waals surface area contributed by atoms with Gasteiger partial charge in [0.05, 0.1) is 13.2 Å². The van der Waals surface area contributed by atoms with Gasteiger partial charge >= 0.3 is 0 Å². The fraction of sp³-hybridized carbons (Fsp3) is 0.409. The molecule has 6 nitrogen and oxygen atoms in total. The summed E-state index contributed by atoms with van der Waals surface area (Å²) in [6, 6.07) is 18.4. The second-order valence-electron chi connectivity index (χ2n) is 7.43. The number of rotatable bonds is 5. The van der Waals surface area contributed by atoms with Gasteiger partial charge in [0.2, 0.25) is 0 Å². The number of ether oxygens (including phenoxy) is 2. The Labute approximate surface area is 165 Å². The zero-order valence-electron chi connectivity index (χ0n) is 16.3. The van der Waals surface area contributed by atoms with Gasteiger partial charge in [0.1, 0.15) is 0 Å². The summed E-state index contributed by atoms with van der Waals surface area (Å²) in [5, 5.41) is 0. The number of nitrogens with one attached hydrogen (secondary N) is 2. The van der Waals surface area contributed by atoms with Crippen LogP contribution in [-0.2, 0) is 4.79 Å². The van der Waals surface area contributed by atoms with Crippen molar-refractivity contribution in [3.63, 3.8) is 0 Å². The standard InChI is InChI=1S/C22H27N3O3/c1-15(28-20-11-7-6-10-19(20)27-2)22(26)25-13-12-18-17(14-25)21(24-23-18)16-8-4-3-5-9-16/h3-11,15,17-18,21,23-24H,12-14H2,1-2H3. The van der Waals surface area contributed by atoms with Crippen LogP contribution in [-0.4, -0.2) is 43.2 Å². The van der Waals surface area contributed by atoms with Crippen LogP contribution >= 0.6 is 0 Å². The summed E-state index contributed by atoms with van der Waals surface area (Å²) >= 11 is 0. The number of nitrogens with zero attached hydrogens (tertiary/aromatic N) is 1. The van der Waals surface area contributed by atoms with Crippen LogP contribution in [0.15, 0.2) is 54.6 Å². The molecule has 2 heterocycles. The van der Waals surface area contributed by atoms with Crippen molar-refractivity contribution in [3.8, 4) is 11.5 Å². The van der Waals surface area contributed by atoms with E-state index in [0.29, 0.717) is 30.0 Å². The summed E-state index contributed by atoms with van der Waals surface area (Å²) < 4.78 is 11.3. The molecular weight excluding hydrogens is 354 g/mol. The van der Waals surface area contributed by atoms with E-state index in [-0.39, 0.29) is 11.9 Å². The summed E-state index contributed by atoms with van der Waals surface area (Å²) in [5.41, 5.74) is 8.08. The Morgan fingerprint density at radius 2 is 1.79 bits per heavy atom. The fourth-order valence-corrected chi connectivity index (χ4v) is 4.21. The molecule has 2 fully saturated rings. The van der Waals surface area contributed by atoms with Crippen LogP contribution in [0, 0.1) is 5.92 Å². The van der Waals surface area contributed by atoms with Crippen LogP contribution in [0.2, 0.25) is 0 Å². The van der Waals surface area contributed by atoms with Crippen molar-refractivity contribution >= 4 is 5.91 Å². The molecule has 0 bridgehead atoms. The van der Waals surface area contributed by atoms with E-state index in [1.54, 1.807) is 14.0 Å². The van der Waals surface area contributed by atoms with Crippen LogP contribution in [0.3, 0.4) is 0 Å². The minimum absolute atomic E-state index is 0.0167. The highest BCUT2D eigenvalue weighted by Gasteiger charge is 2.42. The SMILES string of the molecule is COc1ccccc1OC(C)C(=O)N1CCC2NNC(c3ccccc3)C2C1. The van der Waals surface area contributed by atoms with Crippen molar-refractivity contribution in [3.05, 3.63) is 60.2 Å². The van der Waals surface area contributed by atoms with E-state index in [4.69, 9.17) is 9.47 Å². The van der Waals surface area contributed by atoms with Crippen LogP contribution < -0.4 is 20.3 Å². The van der Waals surface area contributed by atoms with Crippen LogP contribution in [0.4, 0.5) is 0 Å². The van der Waals surface area contributed by atoms with Gasteiger partial charge in [-0.3, -0.25) is 10.2 Å². The van der Waals surface area contributed by atoms with E-state index in [1.807, 2.05) is 35.2 Å². The Morgan fingerprint density at radius 3 is 2.54 bits per heavy atom. The van der Waals surface area contributed by atoms with Gasteiger partial charge in [0.15, 0.2) is 17.6 Å². The van der Waals surface area contributed by atoms with Crippen molar-refractivity contribution in [2.24, 2.45) is 5.92 Å². The van der Waals surface area contributed by atoms with Crippen LogP contribution in [0.1, 0.15) is 24.9 Å². The molecule has 2 saturated heterocycles. The average Bonchev–Trinajstić information content (AvgIpc) is 3.17. The number of para-hydroxylation sites is 2. The first-order chi connectivity index (χ1) is 13.7. The van der Waals surface area contributed by atoms with Gasteiger partial charge in [-0.2, -0.15) is 0 Å². The molecule has 2 aromatic rings. The molecule has 148 valence electrons. The minimum atomic E-state index is -0.564. The Hall–Kier alpha value is -2.57. The number of piperidine rings is 1. The normalized spacial score (nSPS) is 25.1. The number of hydrogen-bond donors (Lipinski definition) is 2. The Morgan fingerprint density at radius 1 is 1.07 bits per heavy atom. The molecule has 2 aliphatic heterocycles. The highest BCUT2D eigenvalue weighted by atomic mass is 16.5. The summed E-state index contributed by atoms with van der Waals surface area (Å²) in [5.74, 6) is 1.57. The summed E-state index contributed by atoms with van der Waals surface area (Å²) in [4.78, 5) is 15.0. The third-order valence-electron chi connectivity index (χ3n) is 5.70. The second kappa shape index (κ2) is 8.20. The minimum Gasteiger partial charge on any atom is -0.493 e. The lowest BCUT2D eigenvalue weighted by Gasteiger charge is -2.37. The van der Waals surface area contributed by atoms with E-state index in [9.17, 15) is 4.79 Å². The summed E-state index contributed by atoms with van der Waals surface area (Å²) in [6.07, 6.45) is 0.360. The molecule has 0 spiro atoms. The molecule has 2 aromatic carbocycles. The lowest BCUT2D eigenvalue weighted by molar-refractivity contribution is -0.140. The Balaban J connectivity index is 1.44. The molecule has 4 rings (SSSR count). The van der Waals surface area contributed by atoms with E-state index in [1.165, 1.54) is 5.56 Å². The maximum Gasteiger partial charge on any atom is 0.263 e. The average molecular weight is 381 g/mol. The highest BCUT2D eigenvalue weighted by Crippen LogP contribution is 2.34. The van der Waals surface area contributed by atoms with E-state index < -0.39 is 6.10 Å². The molecule has 0 saturated carbocycles. The predicted molar refractivity (Wildman–Crippen MR) is 107 cm³/mol. The van der Waals surface area contributed by atoms with Crippen molar-refractivity contribution in [2.75, 3.05) is 20.2 Å². The third-order valence-corrected chi connectivity index (χ3v) is 5.70. The lowest BCUT2D eigenvalue weighted by atomic mass is 9.85. The van der Waals surface area contributed by atoms with E-state index >= 15 is 0 Å². The van der Waals surface area contributed by atoms with E-state index in [2.05, 4.69) is 35.1 Å². The number of hydrogen-bond acceptors (Lipinski definition) is 5. The number of carbonyl (C=O) groups excluding carboxylic acids is 1. The number of hydrazine groups is 1. The molecule has 1 amide bonds. The largest absolute Gasteiger partial charge is 0.493 e. The first-order valence-electron chi connectivity index (χ1n) is 9.82. The quantitative estimate of drug-likeness (QED) is 0.833. The second-order valence-corrected chi connectivity index (χ2v) is 7.43. The number of methoxy groups -OCH3 is 1. The lowest BCUT2D eigenvalue weighted by Crippen LogP contribution is -2.51. The van der Waals surface area contributed by atoms with Crippen molar-refractivity contribution in [1.29, 1.82) is 0 Å². The van der Waals surface area contributed by atoms with Gasteiger partial charge in [0.25, 0.3) is 5.91 Å². The smallest absolute Gasteiger partial charge is 0.263 e. The molecule has 4 atom stereocenters. The first-order valence-corrected chi connectivity index (χ1v) is 9.82.